The summed E-state index contributed by atoms with van der Waals surface area (Å²) in [4.78, 5) is 24.6. The molecule has 1 aromatic carbocycles. The largest absolute Gasteiger partial charge is 0.493 e. The average Bonchev–Trinajstić information content (AvgIpc) is 3.05. The molecule has 2 rings (SSSR count). The van der Waals surface area contributed by atoms with Gasteiger partial charge in [-0.05, 0) is 64.7 Å². The summed E-state index contributed by atoms with van der Waals surface area (Å²) in [6.07, 6.45) is 3.46. The number of ether oxygens (including phenoxy) is 3. The quantitative estimate of drug-likeness (QED) is 0.625. The highest BCUT2D eigenvalue weighted by Gasteiger charge is 2.28. The number of carbonyl (C=O) groups excluding carboxylic acids is 2. The summed E-state index contributed by atoms with van der Waals surface area (Å²) in [5, 5.41) is 2.62. The minimum absolute atomic E-state index is 0.0635. The van der Waals surface area contributed by atoms with Crippen molar-refractivity contribution in [2.75, 3.05) is 6.61 Å². The van der Waals surface area contributed by atoms with E-state index in [-0.39, 0.29) is 19.1 Å². The summed E-state index contributed by atoms with van der Waals surface area (Å²) >= 11 is 3.39. The van der Waals surface area contributed by atoms with E-state index in [1.165, 1.54) is 0 Å². The molecule has 0 spiro atoms. The first kappa shape index (κ1) is 21.5. The Morgan fingerprint density at radius 1 is 1.26 bits per heavy atom. The van der Waals surface area contributed by atoms with Crippen molar-refractivity contribution < 1.29 is 23.8 Å². The number of benzene rings is 1. The molecule has 1 atom stereocenters. The second-order valence-electron chi connectivity index (χ2n) is 7.64. The van der Waals surface area contributed by atoms with E-state index in [1.807, 2.05) is 24.3 Å². The van der Waals surface area contributed by atoms with Gasteiger partial charge in [0.15, 0.2) is 0 Å². The van der Waals surface area contributed by atoms with Crippen molar-refractivity contribution in [1.82, 2.24) is 5.32 Å². The fraction of sp³-hybridized carbons (Fsp3) is 0.600. The number of hydrogen-bond acceptors (Lipinski definition) is 5. The van der Waals surface area contributed by atoms with Gasteiger partial charge in [0, 0.05) is 10.9 Å². The standard InChI is InChI=1S/C20H28BrNO5/c1-20(2,3)27-19(24)22-17(18(23)26-15-8-4-5-9-15)11-12-25-16-10-6-7-14(21)13-16/h6-7,10,13,15,17H,4-5,8-9,11-12H2,1-3H3,(H,22,24)/t17-/m0/s1. The summed E-state index contributed by atoms with van der Waals surface area (Å²) in [6.45, 7) is 5.58. The summed E-state index contributed by atoms with van der Waals surface area (Å²) in [7, 11) is 0. The molecule has 0 heterocycles. The lowest BCUT2D eigenvalue weighted by Crippen LogP contribution is -2.45. The SMILES string of the molecule is CC(C)(C)OC(=O)N[C@@H](CCOc1cccc(Br)c1)C(=O)OC1CCCC1. The molecule has 0 bridgehead atoms. The maximum Gasteiger partial charge on any atom is 0.408 e. The normalized spacial score (nSPS) is 15.9. The fourth-order valence-corrected chi connectivity index (χ4v) is 3.18. The van der Waals surface area contributed by atoms with Crippen molar-refractivity contribution in [1.29, 1.82) is 0 Å². The van der Waals surface area contributed by atoms with Crippen LogP contribution in [-0.4, -0.2) is 36.4 Å². The molecule has 1 aliphatic carbocycles. The molecule has 1 aromatic rings. The Labute approximate surface area is 169 Å². The molecule has 0 aromatic heterocycles. The molecule has 1 aliphatic rings. The van der Waals surface area contributed by atoms with E-state index >= 15 is 0 Å². The molecule has 0 radical (unpaired) electrons. The summed E-state index contributed by atoms with van der Waals surface area (Å²) in [6, 6.07) is 6.63. The first-order chi connectivity index (χ1) is 12.7. The van der Waals surface area contributed by atoms with Gasteiger partial charge in [-0.2, -0.15) is 0 Å². The predicted molar refractivity (Wildman–Crippen MR) is 106 cm³/mol. The number of nitrogens with one attached hydrogen (secondary N) is 1. The van der Waals surface area contributed by atoms with E-state index in [4.69, 9.17) is 14.2 Å². The van der Waals surface area contributed by atoms with Gasteiger partial charge in [-0.15, -0.1) is 0 Å². The Kier molecular flexibility index (Phi) is 7.95. The van der Waals surface area contributed by atoms with Gasteiger partial charge in [0.1, 0.15) is 23.5 Å². The minimum atomic E-state index is -0.812. The van der Waals surface area contributed by atoms with Crippen LogP contribution in [0.2, 0.25) is 0 Å². The molecule has 0 unspecified atom stereocenters. The van der Waals surface area contributed by atoms with Crippen LogP contribution in [0.15, 0.2) is 28.7 Å². The Morgan fingerprint density at radius 2 is 1.96 bits per heavy atom. The first-order valence-electron chi connectivity index (χ1n) is 9.31. The Morgan fingerprint density at radius 3 is 2.59 bits per heavy atom. The smallest absolute Gasteiger partial charge is 0.408 e. The lowest BCUT2D eigenvalue weighted by atomic mass is 10.2. The van der Waals surface area contributed by atoms with E-state index in [0.29, 0.717) is 5.75 Å². The monoisotopic (exact) mass is 441 g/mol. The highest BCUT2D eigenvalue weighted by Crippen LogP contribution is 2.22. The molecule has 1 saturated carbocycles. The third-order valence-electron chi connectivity index (χ3n) is 4.03. The average molecular weight is 442 g/mol. The molecule has 1 N–H and O–H groups in total. The van der Waals surface area contributed by atoms with Gasteiger partial charge in [0.2, 0.25) is 0 Å². The van der Waals surface area contributed by atoms with E-state index < -0.39 is 23.7 Å². The Hall–Kier alpha value is -1.76. The van der Waals surface area contributed by atoms with Gasteiger partial charge in [0.05, 0.1) is 6.61 Å². The van der Waals surface area contributed by atoms with Gasteiger partial charge < -0.3 is 19.5 Å². The highest BCUT2D eigenvalue weighted by atomic mass is 79.9. The van der Waals surface area contributed by atoms with Gasteiger partial charge >= 0.3 is 12.1 Å². The minimum Gasteiger partial charge on any atom is -0.493 e. The van der Waals surface area contributed by atoms with Crippen LogP contribution >= 0.6 is 15.9 Å². The van der Waals surface area contributed by atoms with Crippen LogP contribution in [0, 0.1) is 0 Å². The van der Waals surface area contributed by atoms with Crippen LogP contribution in [0.25, 0.3) is 0 Å². The number of esters is 1. The van der Waals surface area contributed by atoms with E-state index in [9.17, 15) is 9.59 Å². The van der Waals surface area contributed by atoms with Gasteiger partial charge in [-0.1, -0.05) is 22.0 Å². The first-order valence-corrected chi connectivity index (χ1v) is 10.1. The molecule has 0 saturated heterocycles. The molecule has 0 aliphatic heterocycles. The number of halogens is 1. The highest BCUT2D eigenvalue weighted by molar-refractivity contribution is 9.10. The topological polar surface area (TPSA) is 73.9 Å². The van der Waals surface area contributed by atoms with Gasteiger partial charge in [0.25, 0.3) is 0 Å². The molecule has 1 fully saturated rings. The maximum atomic E-state index is 12.5. The Balaban J connectivity index is 1.92. The second kappa shape index (κ2) is 9.97. The van der Waals surface area contributed by atoms with Crippen molar-refractivity contribution in [3.63, 3.8) is 0 Å². The summed E-state index contributed by atoms with van der Waals surface area (Å²) < 4.78 is 17.4. The molecular weight excluding hydrogens is 414 g/mol. The number of amides is 1. The third kappa shape index (κ3) is 8.20. The maximum absolute atomic E-state index is 12.5. The fourth-order valence-electron chi connectivity index (χ4n) is 2.80. The van der Waals surface area contributed by atoms with Crippen LogP contribution in [0.1, 0.15) is 52.9 Å². The van der Waals surface area contributed by atoms with Crippen LogP contribution in [0.3, 0.4) is 0 Å². The van der Waals surface area contributed by atoms with Crippen molar-refractivity contribution in [2.45, 2.75) is 70.6 Å². The van der Waals surface area contributed by atoms with Crippen LogP contribution < -0.4 is 10.1 Å². The van der Waals surface area contributed by atoms with Crippen molar-refractivity contribution in [2.24, 2.45) is 0 Å². The van der Waals surface area contributed by atoms with Crippen LogP contribution in [0.4, 0.5) is 4.79 Å². The number of rotatable bonds is 7. The zero-order valence-electron chi connectivity index (χ0n) is 16.1. The van der Waals surface area contributed by atoms with E-state index in [0.717, 1.165) is 30.2 Å². The molecule has 150 valence electrons. The zero-order chi connectivity index (χ0) is 19.9. The molecule has 7 heteroatoms. The number of hydrogen-bond donors (Lipinski definition) is 1. The Bertz CT molecular complexity index is 638. The zero-order valence-corrected chi connectivity index (χ0v) is 17.7. The van der Waals surface area contributed by atoms with Gasteiger partial charge in [-0.25, -0.2) is 9.59 Å². The van der Waals surface area contributed by atoms with Gasteiger partial charge in [-0.3, -0.25) is 0 Å². The molecule has 1 amide bonds. The van der Waals surface area contributed by atoms with Crippen molar-refractivity contribution >= 4 is 28.0 Å². The second-order valence-corrected chi connectivity index (χ2v) is 8.55. The lowest BCUT2D eigenvalue weighted by molar-refractivity contribution is -0.151. The van der Waals surface area contributed by atoms with Crippen LogP contribution in [-0.2, 0) is 14.3 Å². The number of carbonyl (C=O) groups is 2. The molecular formula is C20H28BrNO5. The van der Waals surface area contributed by atoms with E-state index in [2.05, 4.69) is 21.2 Å². The lowest BCUT2D eigenvalue weighted by Gasteiger charge is -2.24. The third-order valence-corrected chi connectivity index (χ3v) is 4.53. The summed E-state index contributed by atoms with van der Waals surface area (Å²) in [5.41, 5.74) is -0.642. The van der Waals surface area contributed by atoms with E-state index in [1.54, 1.807) is 20.8 Å². The molecule has 27 heavy (non-hydrogen) atoms. The molecule has 6 nitrogen and oxygen atoms in total. The predicted octanol–water partition coefficient (Wildman–Crippen LogP) is 4.60. The van der Waals surface area contributed by atoms with Crippen LogP contribution in [0.5, 0.6) is 5.75 Å². The van der Waals surface area contributed by atoms with Crippen molar-refractivity contribution in [3.05, 3.63) is 28.7 Å². The summed E-state index contributed by atoms with van der Waals surface area (Å²) in [5.74, 6) is 0.246. The number of alkyl carbamates (subject to hydrolysis) is 1. The van der Waals surface area contributed by atoms with Crippen molar-refractivity contribution in [3.8, 4) is 5.75 Å².